The van der Waals surface area contributed by atoms with E-state index in [1.807, 2.05) is 0 Å². The highest BCUT2D eigenvalue weighted by molar-refractivity contribution is 5.00. The lowest BCUT2D eigenvalue weighted by atomic mass is 10.1. The Bertz CT molecular complexity index is 161. The van der Waals surface area contributed by atoms with Crippen molar-refractivity contribution in [2.75, 3.05) is 13.1 Å². The summed E-state index contributed by atoms with van der Waals surface area (Å²) < 4.78 is 0. The van der Waals surface area contributed by atoms with Crippen LogP contribution in [0.5, 0.6) is 0 Å². The van der Waals surface area contributed by atoms with Crippen molar-refractivity contribution >= 4 is 0 Å². The zero-order valence-corrected chi connectivity index (χ0v) is 7.45. The van der Waals surface area contributed by atoms with Gasteiger partial charge in [-0.3, -0.25) is 4.90 Å². The highest BCUT2D eigenvalue weighted by Gasteiger charge is 2.23. The molecule has 12 heavy (non-hydrogen) atoms. The van der Waals surface area contributed by atoms with Gasteiger partial charge >= 0.3 is 0 Å². The molecule has 1 heterocycles. The summed E-state index contributed by atoms with van der Waals surface area (Å²) in [5.74, 6) is 0. The summed E-state index contributed by atoms with van der Waals surface area (Å²) >= 11 is 0. The van der Waals surface area contributed by atoms with Gasteiger partial charge in [-0.05, 0) is 25.9 Å². The van der Waals surface area contributed by atoms with Crippen LogP contribution in [-0.4, -0.2) is 35.2 Å². The minimum Gasteiger partial charge on any atom is -0.387 e. The Morgan fingerprint density at radius 3 is 2.17 bits per heavy atom. The van der Waals surface area contributed by atoms with Crippen LogP contribution in [0.25, 0.3) is 0 Å². The van der Waals surface area contributed by atoms with Crippen molar-refractivity contribution in [3.05, 3.63) is 25.3 Å². The number of aliphatic hydroxyl groups is 1. The first-order valence-electron chi connectivity index (χ1n) is 4.47. The minimum absolute atomic E-state index is 0.0602. The van der Waals surface area contributed by atoms with E-state index in [2.05, 4.69) is 18.1 Å². The fourth-order valence-corrected chi connectivity index (χ4v) is 1.68. The second-order valence-electron chi connectivity index (χ2n) is 3.20. The Morgan fingerprint density at radius 2 is 1.75 bits per heavy atom. The lowest BCUT2D eigenvalue weighted by Crippen LogP contribution is -2.39. The van der Waals surface area contributed by atoms with E-state index in [0.29, 0.717) is 0 Å². The summed E-state index contributed by atoms with van der Waals surface area (Å²) in [5, 5.41) is 9.55. The lowest BCUT2D eigenvalue weighted by Gasteiger charge is -2.26. The van der Waals surface area contributed by atoms with Crippen LogP contribution in [0.1, 0.15) is 12.8 Å². The van der Waals surface area contributed by atoms with Gasteiger partial charge in [-0.1, -0.05) is 12.2 Å². The quantitative estimate of drug-likeness (QED) is 0.636. The molecule has 68 valence electrons. The van der Waals surface area contributed by atoms with Crippen LogP contribution < -0.4 is 0 Å². The van der Waals surface area contributed by atoms with Gasteiger partial charge in [-0.2, -0.15) is 0 Å². The predicted molar refractivity (Wildman–Crippen MR) is 51.0 cm³/mol. The third-order valence-corrected chi connectivity index (χ3v) is 2.40. The van der Waals surface area contributed by atoms with E-state index < -0.39 is 6.10 Å². The molecule has 1 aliphatic rings. The number of aliphatic hydroxyl groups excluding tert-OH is 1. The number of likely N-dealkylation sites (tertiary alicyclic amines) is 1. The molecular formula is C10H17NO. The van der Waals surface area contributed by atoms with Crippen molar-refractivity contribution in [1.29, 1.82) is 0 Å². The first-order valence-corrected chi connectivity index (χ1v) is 4.47. The van der Waals surface area contributed by atoms with Gasteiger partial charge in [0.1, 0.15) is 0 Å². The Hall–Kier alpha value is -0.600. The third-order valence-electron chi connectivity index (χ3n) is 2.40. The van der Waals surface area contributed by atoms with E-state index in [1.165, 1.54) is 12.8 Å². The summed E-state index contributed by atoms with van der Waals surface area (Å²) in [4.78, 5) is 2.25. The van der Waals surface area contributed by atoms with Gasteiger partial charge in [0, 0.05) is 0 Å². The molecule has 2 unspecified atom stereocenters. The molecule has 1 aliphatic heterocycles. The molecule has 0 amide bonds. The monoisotopic (exact) mass is 167 g/mol. The van der Waals surface area contributed by atoms with Gasteiger partial charge in [-0.15, -0.1) is 13.2 Å². The summed E-state index contributed by atoms with van der Waals surface area (Å²) in [6.45, 7) is 9.44. The molecule has 2 heteroatoms. The molecule has 1 rings (SSSR count). The van der Waals surface area contributed by atoms with Gasteiger partial charge in [0.05, 0.1) is 12.1 Å². The van der Waals surface area contributed by atoms with Crippen LogP contribution in [0.15, 0.2) is 25.3 Å². The Morgan fingerprint density at radius 1 is 1.17 bits per heavy atom. The number of nitrogens with zero attached hydrogens (tertiary/aromatic N) is 1. The van der Waals surface area contributed by atoms with Gasteiger partial charge in [-0.25, -0.2) is 0 Å². The molecule has 1 saturated heterocycles. The zero-order chi connectivity index (χ0) is 8.97. The Kier molecular flexibility index (Phi) is 3.50. The van der Waals surface area contributed by atoms with E-state index in [1.54, 1.807) is 12.2 Å². The smallest absolute Gasteiger partial charge is 0.0909 e. The zero-order valence-electron chi connectivity index (χ0n) is 7.45. The number of hydrogen-bond donors (Lipinski definition) is 1. The van der Waals surface area contributed by atoms with E-state index in [9.17, 15) is 5.11 Å². The fourth-order valence-electron chi connectivity index (χ4n) is 1.68. The van der Waals surface area contributed by atoms with Crippen molar-refractivity contribution in [2.45, 2.75) is 25.0 Å². The van der Waals surface area contributed by atoms with Crippen molar-refractivity contribution in [3.8, 4) is 0 Å². The molecule has 2 atom stereocenters. The van der Waals surface area contributed by atoms with Crippen LogP contribution in [0.2, 0.25) is 0 Å². The molecule has 0 saturated carbocycles. The maximum Gasteiger partial charge on any atom is 0.0909 e. The second kappa shape index (κ2) is 4.43. The highest BCUT2D eigenvalue weighted by Crippen LogP contribution is 2.15. The van der Waals surface area contributed by atoms with Gasteiger partial charge in [0.25, 0.3) is 0 Å². The third kappa shape index (κ3) is 1.96. The van der Waals surface area contributed by atoms with Crippen LogP contribution in [0, 0.1) is 0 Å². The molecule has 0 spiro atoms. The SMILES string of the molecule is C=CC(O)C(C=C)N1CCCC1. The topological polar surface area (TPSA) is 23.5 Å². The van der Waals surface area contributed by atoms with Crippen LogP contribution >= 0.6 is 0 Å². The summed E-state index contributed by atoms with van der Waals surface area (Å²) in [6, 6.07) is 0.0602. The molecule has 0 aliphatic carbocycles. The normalized spacial score (nSPS) is 23.4. The Labute approximate surface area is 74.2 Å². The number of rotatable bonds is 4. The lowest BCUT2D eigenvalue weighted by molar-refractivity contribution is 0.122. The van der Waals surface area contributed by atoms with E-state index in [4.69, 9.17) is 0 Å². The highest BCUT2D eigenvalue weighted by atomic mass is 16.3. The predicted octanol–water partition coefficient (Wildman–Crippen LogP) is 1.18. The summed E-state index contributed by atoms with van der Waals surface area (Å²) in [6.07, 6.45) is 5.37. The van der Waals surface area contributed by atoms with Crippen LogP contribution in [-0.2, 0) is 0 Å². The molecule has 1 N–H and O–H groups in total. The molecule has 0 aromatic carbocycles. The molecule has 0 radical (unpaired) electrons. The summed E-state index contributed by atoms with van der Waals surface area (Å²) in [5.41, 5.74) is 0. The van der Waals surface area contributed by atoms with Gasteiger partial charge < -0.3 is 5.11 Å². The first kappa shape index (κ1) is 9.49. The Balaban J connectivity index is 2.53. The average Bonchev–Trinajstić information content (AvgIpc) is 2.58. The number of hydrogen-bond acceptors (Lipinski definition) is 2. The molecule has 0 aromatic rings. The van der Waals surface area contributed by atoms with Crippen LogP contribution in [0.3, 0.4) is 0 Å². The summed E-state index contributed by atoms with van der Waals surface area (Å²) in [7, 11) is 0. The molecule has 1 fully saturated rings. The second-order valence-corrected chi connectivity index (χ2v) is 3.20. The molecular weight excluding hydrogens is 150 g/mol. The van der Waals surface area contributed by atoms with E-state index >= 15 is 0 Å². The first-order chi connectivity index (χ1) is 5.79. The van der Waals surface area contributed by atoms with Gasteiger partial charge in [0.15, 0.2) is 0 Å². The van der Waals surface area contributed by atoms with E-state index in [-0.39, 0.29) is 6.04 Å². The standard InChI is InChI=1S/C10H17NO/c1-3-9(10(12)4-2)11-7-5-6-8-11/h3-4,9-10,12H,1-2,5-8H2. The van der Waals surface area contributed by atoms with Crippen LogP contribution in [0.4, 0.5) is 0 Å². The average molecular weight is 167 g/mol. The maximum absolute atomic E-state index is 9.55. The maximum atomic E-state index is 9.55. The molecule has 0 bridgehead atoms. The van der Waals surface area contributed by atoms with Crippen molar-refractivity contribution < 1.29 is 5.11 Å². The molecule has 0 aromatic heterocycles. The van der Waals surface area contributed by atoms with Gasteiger partial charge in [0.2, 0.25) is 0 Å². The molecule has 2 nitrogen and oxygen atoms in total. The fraction of sp³-hybridized carbons (Fsp3) is 0.600. The van der Waals surface area contributed by atoms with Crippen molar-refractivity contribution in [1.82, 2.24) is 4.90 Å². The minimum atomic E-state index is -0.472. The van der Waals surface area contributed by atoms with E-state index in [0.717, 1.165) is 13.1 Å². The van der Waals surface area contributed by atoms with Crippen molar-refractivity contribution in [2.24, 2.45) is 0 Å². The largest absolute Gasteiger partial charge is 0.387 e. The van der Waals surface area contributed by atoms with Crippen molar-refractivity contribution in [3.63, 3.8) is 0 Å².